The first-order chi connectivity index (χ1) is 15.4. The molecular formula is C24H21N3O5. The van der Waals surface area contributed by atoms with Crippen LogP contribution < -0.4 is 26.0 Å². The molecular weight excluding hydrogens is 410 g/mol. The minimum atomic E-state index is -0.753. The van der Waals surface area contributed by atoms with E-state index in [1.54, 1.807) is 44.5 Å². The molecule has 5 rings (SSSR count). The molecule has 0 saturated heterocycles. The first-order valence-corrected chi connectivity index (χ1v) is 10.1. The van der Waals surface area contributed by atoms with Crippen LogP contribution in [0.2, 0.25) is 0 Å². The Morgan fingerprint density at radius 2 is 1.62 bits per heavy atom. The molecule has 1 aromatic heterocycles. The molecule has 0 unspecified atom stereocenters. The zero-order valence-electron chi connectivity index (χ0n) is 18.1. The van der Waals surface area contributed by atoms with Crippen LogP contribution in [0.4, 0.5) is 5.82 Å². The number of ketones is 1. The number of ether oxygens (including phenoxy) is 2. The fourth-order valence-corrected chi connectivity index (χ4v) is 4.63. The summed E-state index contributed by atoms with van der Waals surface area (Å²) in [5.41, 5.74) is 2.31. The van der Waals surface area contributed by atoms with Crippen molar-refractivity contribution in [3.05, 3.63) is 91.1 Å². The van der Waals surface area contributed by atoms with Gasteiger partial charge in [0.1, 0.15) is 17.3 Å². The Bertz CT molecular complexity index is 1460. The minimum Gasteiger partial charge on any atom is -0.497 e. The van der Waals surface area contributed by atoms with Crippen LogP contribution in [-0.4, -0.2) is 29.1 Å². The quantitative estimate of drug-likeness (QED) is 0.684. The average molecular weight is 431 g/mol. The summed E-state index contributed by atoms with van der Waals surface area (Å²) in [6.07, 6.45) is 0. The molecule has 3 aromatic rings. The Hall–Kier alpha value is -4.07. The highest BCUT2D eigenvalue weighted by molar-refractivity contribution is 6.23. The third-order valence-electron chi connectivity index (χ3n) is 6.22. The Labute approximate surface area is 183 Å². The van der Waals surface area contributed by atoms with Gasteiger partial charge in [0.15, 0.2) is 5.78 Å². The number of benzene rings is 2. The predicted molar refractivity (Wildman–Crippen MR) is 120 cm³/mol. The minimum absolute atomic E-state index is 0.167. The van der Waals surface area contributed by atoms with Gasteiger partial charge in [0.2, 0.25) is 0 Å². The van der Waals surface area contributed by atoms with Gasteiger partial charge in [0.25, 0.3) is 5.56 Å². The van der Waals surface area contributed by atoms with E-state index in [1.165, 1.54) is 18.7 Å². The molecule has 1 aliphatic heterocycles. The van der Waals surface area contributed by atoms with Crippen molar-refractivity contribution in [1.29, 1.82) is 0 Å². The van der Waals surface area contributed by atoms with Gasteiger partial charge in [-0.2, -0.15) is 0 Å². The molecule has 2 aromatic carbocycles. The summed E-state index contributed by atoms with van der Waals surface area (Å²) in [7, 11) is 6.11. The van der Waals surface area contributed by atoms with Gasteiger partial charge in [-0.25, -0.2) is 4.79 Å². The van der Waals surface area contributed by atoms with Crippen LogP contribution >= 0.6 is 0 Å². The molecule has 1 N–H and O–H groups in total. The number of nitrogens with zero attached hydrogens (tertiary/aromatic N) is 2. The van der Waals surface area contributed by atoms with Gasteiger partial charge >= 0.3 is 5.69 Å². The number of fused-ring (bicyclic) bond motifs is 3. The second-order valence-electron chi connectivity index (χ2n) is 7.80. The number of Topliss-reactive ketones (excluding diaryl/α,β-unsaturated/α-hetero) is 1. The predicted octanol–water partition coefficient (Wildman–Crippen LogP) is 2.27. The molecule has 0 saturated carbocycles. The van der Waals surface area contributed by atoms with Crippen LogP contribution in [0.5, 0.6) is 11.5 Å². The Morgan fingerprint density at radius 1 is 0.906 bits per heavy atom. The first-order valence-electron chi connectivity index (χ1n) is 10.1. The van der Waals surface area contributed by atoms with Crippen molar-refractivity contribution in [3.63, 3.8) is 0 Å². The van der Waals surface area contributed by atoms with Gasteiger partial charge in [0, 0.05) is 36.4 Å². The van der Waals surface area contributed by atoms with Gasteiger partial charge < -0.3 is 14.8 Å². The van der Waals surface area contributed by atoms with Crippen molar-refractivity contribution >= 4 is 17.3 Å². The molecule has 1 aliphatic carbocycles. The maximum Gasteiger partial charge on any atom is 0.332 e. The first kappa shape index (κ1) is 19.9. The molecule has 0 fully saturated rings. The number of carbonyl (C=O) groups is 1. The molecule has 8 heteroatoms. The lowest BCUT2D eigenvalue weighted by Crippen LogP contribution is -2.42. The average Bonchev–Trinajstić information content (AvgIpc) is 3.11. The number of rotatable bonds is 3. The molecule has 2 heterocycles. The third-order valence-corrected chi connectivity index (χ3v) is 6.22. The Balaban J connectivity index is 1.92. The summed E-state index contributed by atoms with van der Waals surface area (Å²) < 4.78 is 13.5. The van der Waals surface area contributed by atoms with Crippen molar-refractivity contribution < 1.29 is 14.3 Å². The molecule has 0 radical (unpaired) electrons. The third kappa shape index (κ3) is 2.52. The summed E-state index contributed by atoms with van der Waals surface area (Å²) in [5, 5.41) is 3.22. The van der Waals surface area contributed by atoms with Crippen molar-refractivity contribution in [3.8, 4) is 11.5 Å². The summed E-state index contributed by atoms with van der Waals surface area (Å²) in [5.74, 6) is 0.509. The number of nitrogens with one attached hydrogen (secondary N) is 1. The fraction of sp³-hybridized carbons (Fsp3) is 0.208. The smallest absolute Gasteiger partial charge is 0.332 e. The lowest BCUT2D eigenvalue weighted by atomic mass is 9.81. The fourth-order valence-electron chi connectivity index (χ4n) is 4.63. The number of hydrogen-bond donors (Lipinski definition) is 1. The van der Waals surface area contributed by atoms with Gasteiger partial charge in [0.05, 0.1) is 31.4 Å². The van der Waals surface area contributed by atoms with Gasteiger partial charge in [-0.3, -0.25) is 18.7 Å². The molecule has 0 amide bonds. The van der Waals surface area contributed by atoms with Gasteiger partial charge in [-0.15, -0.1) is 0 Å². The standard InChI is InChI=1S/C24H21N3O5/c1-26-22-19(23(29)27(2)24(26)30)17(15-11-12(31-3)9-10-16(15)32-4)18-20(25-22)13-7-5-6-8-14(13)21(18)28/h5-11,17,25H,1-4H3/t17-/m1/s1. The summed E-state index contributed by atoms with van der Waals surface area (Å²) in [6.45, 7) is 0. The normalized spacial score (nSPS) is 16.2. The number of allylic oxidation sites excluding steroid dienone is 1. The molecule has 8 nitrogen and oxygen atoms in total. The summed E-state index contributed by atoms with van der Waals surface area (Å²) >= 11 is 0. The van der Waals surface area contributed by atoms with E-state index in [0.717, 1.165) is 10.1 Å². The van der Waals surface area contributed by atoms with E-state index in [0.29, 0.717) is 45.3 Å². The van der Waals surface area contributed by atoms with Crippen LogP contribution in [0, 0.1) is 0 Å². The Morgan fingerprint density at radius 3 is 2.31 bits per heavy atom. The van der Waals surface area contributed by atoms with Crippen LogP contribution in [0.25, 0.3) is 5.70 Å². The number of anilines is 1. The second kappa shape index (κ2) is 6.98. The lowest BCUT2D eigenvalue weighted by molar-refractivity contribution is 0.103. The number of aromatic nitrogens is 2. The molecule has 0 bridgehead atoms. The lowest BCUT2D eigenvalue weighted by Gasteiger charge is -2.30. The van der Waals surface area contributed by atoms with Gasteiger partial charge in [-0.1, -0.05) is 24.3 Å². The summed E-state index contributed by atoms with van der Waals surface area (Å²) in [4.78, 5) is 39.7. The van der Waals surface area contributed by atoms with Crippen molar-refractivity contribution in [2.45, 2.75) is 5.92 Å². The topological polar surface area (TPSA) is 91.6 Å². The molecule has 162 valence electrons. The van der Waals surface area contributed by atoms with E-state index in [9.17, 15) is 14.4 Å². The maximum absolute atomic E-state index is 13.6. The highest BCUT2D eigenvalue weighted by Crippen LogP contribution is 2.50. The SMILES string of the molecule is COc1ccc(OC)c([C@@H]2C3=C(Nc4c2c(=O)n(C)c(=O)n4C)c2ccccc2C3=O)c1. The second-order valence-corrected chi connectivity index (χ2v) is 7.80. The zero-order chi connectivity index (χ0) is 22.7. The van der Waals surface area contributed by atoms with E-state index in [1.807, 2.05) is 12.1 Å². The van der Waals surface area contributed by atoms with E-state index in [4.69, 9.17) is 9.47 Å². The highest BCUT2D eigenvalue weighted by Gasteiger charge is 2.43. The molecule has 2 aliphatic rings. The summed E-state index contributed by atoms with van der Waals surface area (Å²) in [6, 6.07) is 12.5. The van der Waals surface area contributed by atoms with E-state index < -0.39 is 17.2 Å². The molecule has 32 heavy (non-hydrogen) atoms. The van der Waals surface area contributed by atoms with Crippen LogP contribution in [-0.2, 0) is 14.1 Å². The number of carbonyl (C=O) groups excluding carboxylic acids is 1. The van der Waals surface area contributed by atoms with Gasteiger partial charge in [-0.05, 0) is 18.2 Å². The number of methoxy groups -OCH3 is 2. The molecule has 0 spiro atoms. The van der Waals surface area contributed by atoms with E-state index in [2.05, 4.69) is 5.32 Å². The van der Waals surface area contributed by atoms with E-state index >= 15 is 0 Å². The zero-order valence-corrected chi connectivity index (χ0v) is 18.1. The maximum atomic E-state index is 13.6. The number of hydrogen-bond acceptors (Lipinski definition) is 6. The van der Waals surface area contributed by atoms with Crippen LogP contribution in [0.3, 0.4) is 0 Å². The van der Waals surface area contributed by atoms with Crippen molar-refractivity contribution in [1.82, 2.24) is 9.13 Å². The molecule has 1 atom stereocenters. The van der Waals surface area contributed by atoms with Crippen molar-refractivity contribution in [2.24, 2.45) is 14.1 Å². The largest absolute Gasteiger partial charge is 0.497 e. The van der Waals surface area contributed by atoms with E-state index in [-0.39, 0.29) is 5.78 Å². The van der Waals surface area contributed by atoms with Crippen molar-refractivity contribution in [2.75, 3.05) is 19.5 Å². The highest BCUT2D eigenvalue weighted by atomic mass is 16.5. The monoisotopic (exact) mass is 431 g/mol. The van der Waals surface area contributed by atoms with Crippen LogP contribution in [0.15, 0.2) is 57.6 Å². The van der Waals surface area contributed by atoms with Crippen LogP contribution in [0.1, 0.15) is 33.0 Å². The Kier molecular flexibility index (Phi) is 4.33.